The second-order valence-electron chi connectivity index (χ2n) is 5.91. The van der Waals surface area contributed by atoms with Crippen molar-refractivity contribution in [2.45, 2.75) is 39.3 Å². The zero-order valence-electron chi connectivity index (χ0n) is 12.6. The molecule has 5 nitrogen and oxygen atoms in total. The van der Waals surface area contributed by atoms with Gasteiger partial charge >= 0.3 is 6.01 Å². The normalized spacial score (nSPS) is 11.6. The van der Waals surface area contributed by atoms with Gasteiger partial charge < -0.3 is 15.1 Å². The number of aromatic nitrogens is 2. The maximum absolute atomic E-state index is 13.0. The minimum absolute atomic E-state index is 0.000551. The van der Waals surface area contributed by atoms with E-state index in [-0.39, 0.29) is 11.4 Å². The van der Waals surface area contributed by atoms with Crippen LogP contribution in [0.1, 0.15) is 32.2 Å². The maximum Gasteiger partial charge on any atom is 0.315 e. The second kappa shape index (κ2) is 6.67. The third-order valence-corrected chi connectivity index (χ3v) is 2.82. The van der Waals surface area contributed by atoms with Gasteiger partial charge in [0.2, 0.25) is 5.89 Å². The molecule has 2 aromatic rings. The van der Waals surface area contributed by atoms with Crippen LogP contribution in [-0.2, 0) is 13.0 Å². The van der Waals surface area contributed by atoms with E-state index in [1.807, 2.05) is 6.07 Å². The summed E-state index contributed by atoms with van der Waals surface area (Å²) in [7, 11) is 0. The Labute approximate surface area is 124 Å². The van der Waals surface area contributed by atoms with Crippen LogP contribution in [0.3, 0.4) is 0 Å². The zero-order valence-corrected chi connectivity index (χ0v) is 12.6. The highest BCUT2D eigenvalue weighted by atomic mass is 19.1. The molecule has 0 fully saturated rings. The maximum atomic E-state index is 13.0. The average molecular weight is 292 g/mol. The van der Waals surface area contributed by atoms with Gasteiger partial charge in [0.1, 0.15) is 5.82 Å². The second-order valence-corrected chi connectivity index (χ2v) is 5.91. The first-order valence-electron chi connectivity index (χ1n) is 6.98. The van der Waals surface area contributed by atoms with E-state index in [1.165, 1.54) is 12.1 Å². The summed E-state index contributed by atoms with van der Waals surface area (Å²) in [5.41, 5.74) is 0.927. The molecule has 0 amide bonds. The summed E-state index contributed by atoms with van der Waals surface area (Å²) in [5.74, 6) is 0.319. The highest BCUT2D eigenvalue weighted by molar-refractivity contribution is 5.21. The third kappa shape index (κ3) is 5.51. The topological polar surface area (TPSA) is 63.0 Å². The van der Waals surface area contributed by atoms with Gasteiger partial charge in [-0.15, -0.1) is 5.10 Å². The number of hydrogen-bond donors (Lipinski definition) is 2. The Morgan fingerprint density at radius 3 is 2.76 bits per heavy atom. The summed E-state index contributed by atoms with van der Waals surface area (Å²) in [4.78, 5) is 0. The van der Waals surface area contributed by atoms with Gasteiger partial charge in [-0.25, -0.2) is 4.39 Å². The molecule has 0 unspecified atom stereocenters. The van der Waals surface area contributed by atoms with Crippen molar-refractivity contribution in [3.63, 3.8) is 0 Å². The Bertz CT molecular complexity index is 577. The van der Waals surface area contributed by atoms with Gasteiger partial charge in [-0.2, -0.15) is 0 Å². The highest BCUT2D eigenvalue weighted by Crippen LogP contribution is 2.09. The molecule has 0 radical (unpaired) electrons. The SMILES string of the molecule is CC(C)(C)NCc1nnc(NCCc2cccc(F)c2)o1. The van der Waals surface area contributed by atoms with E-state index >= 15 is 0 Å². The monoisotopic (exact) mass is 292 g/mol. The fraction of sp³-hybridized carbons (Fsp3) is 0.467. The van der Waals surface area contributed by atoms with Crippen molar-refractivity contribution >= 4 is 6.01 Å². The van der Waals surface area contributed by atoms with Gasteiger partial charge in [0.15, 0.2) is 0 Å². The van der Waals surface area contributed by atoms with E-state index in [0.717, 1.165) is 5.56 Å². The zero-order chi connectivity index (χ0) is 15.3. The van der Waals surface area contributed by atoms with E-state index in [1.54, 1.807) is 6.07 Å². The summed E-state index contributed by atoms with van der Waals surface area (Å²) < 4.78 is 18.5. The lowest BCUT2D eigenvalue weighted by Crippen LogP contribution is -2.35. The molecular formula is C15H21FN4O. The molecule has 0 aliphatic rings. The molecule has 0 bridgehead atoms. The van der Waals surface area contributed by atoms with Gasteiger partial charge in [-0.1, -0.05) is 17.2 Å². The Morgan fingerprint density at radius 1 is 1.24 bits per heavy atom. The van der Waals surface area contributed by atoms with Gasteiger partial charge in [0, 0.05) is 12.1 Å². The molecule has 114 valence electrons. The van der Waals surface area contributed by atoms with Crippen molar-refractivity contribution in [1.82, 2.24) is 15.5 Å². The van der Waals surface area contributed by atoms with Crippen molar-refractivity contribution < 1.29 is 8.81 Å². The van der Waals surface area contributed by atoms with Crippen LogP contribution in [0.25, 0.3) is 0 Å². The quantitative estimate of drug-likeness (QED) is 0.857. The Morgan fingerprint density at radius 2 is 2.05 bits per heavy atom. The molecule has 0 atom stereocenters. The first kappa shape index (κ1) is 15.4. The third-order valence-electron chi connectivity index (χ3n) is 2.82. The summed E-state index contributed by atoms with van der Waals surface area (Å²) in [6.07, 6.45) is 0.690. The van der Waals surface area contributed by atoms with E-state index < -0.39 is 0 Å². The highest BCUT2D eigenvalue weighted by Gasteiger charge is 2.11. The lowest BCUT2D eigenvalue weighted by atomic mass is 10.1. The predicted octanol–water partition coefficient (Wildman–Crippen LogP) is 2.75. The van der Waals surface area contributed by atoms with E-state index in [9.17, 15) is 4.39 Å². The minimum Gasteiger partial charge on any atom is -0.407 e. The van der Waals surface area contributed by atoms with Crippen LogP contribution >= 0.6 is 0 Å². The van der Waals surface area contributed by atoms with Crippen LogP contribution in [0, 0.1) is 5.82 Å². The first-order valence-corrected chi connectivity index (χ1v) is 6.98. The number of halogens is 1. The molecule has 0 saturated carbocycles. The van der Waals surface area contributed by atoms with E-state index in [0.29, 0.717) is 31.4 Å². The van der Waals surface area contributed by atoms with Crippen molar-refractivity contribution in [2.24, 2.45) is 0 Å². The number of rotatable bonds is 6. The van der Waals surface area contributed by atoms with Crippen LogP contribution in [0.5, 0.6) is 0 Å². The van der Waals surface area contributed by atoms with Gasteiger partial charge in [-0.05, 0) is 44.9 Å². The molecule has 1 aromatic carbocycles. The van der Waals surface area contributed by atoms with Crippen molar-refractivity contribution in [3.8, 4) is 0 Å². The van der Waals surface area contributed by atoms with Crippen LogP contribution in [-0.4, -0.2) is 22.3 Å². The Hall–Kier alpha value is -1.95. The van der Waals surface area contributed by atoms with Gasteiger partial charge in [-0.3, -0.25) is 0 Å². The first-order chi connectivity index (χ1) is 9.92. The Kier molecular flexibility index (Phi) is 4.90. The van der Waals surface area contributed by atoms with Crippen LogP contribution in [0.2, 0.25) is 0 Å². The summed E-state index contributed by atoms with van der Waals surface area (Å²) in [6.45, 7) is 7.35. The van der Waals surface area contributed by atoms with Gasteiger partial charge in [0.05, 0.1) is 6.54 Å². The number of nitrogens with zero attached hydrogens (tertiary/aromatic N) is 2. The number of hydrogen-bond acceptors (Lipinski definition) is 5. The fourth-order valence-corrected chi connectivity index (χ4v) is 1.74. The Balaban J connectivity index is 1.78. The van der Waals surface area contributed by atoms with Crippen molar-refractivity contribution in [2.75, 3.05) is 11.9 Å². The molecule has 0 aliphatic carbocycles. The lowest BCUT2D eigenvalue weighted by Gasteiger charge is -2.18. The largest absolute Gasteiger partial charge is 0.407 e. The minimum atomic E-state index is -0.221. The molecule has 0 saturated heterocycles. The number of anilines is 1. The molecular weight excluding hydrogens is 271 g/mol. The summed E-state index contributed by atoms with van der Waals surface area (Å²) in [5, 5.41) is 14.2. The molecule has 6 heteroatoms. The molecule has 1 heterocycles. The molecule has 1 aromatic heterocycles. The van der Waals surface area contributed by atoms with Crippen LogP contribution in [0.4, 0.5) is 10.4 Å². The molecule has 21 heavy (non-hydrogen) atoms. The summed E-state index contributed by atoms with van der Waals surface area (Å²) >= 11 is 0. The molecule has 2 N–H and O–H groups in total. The van der Waals surface area contributed by atoms with E-state index in [2.05, 4.69) is 41.6 Å². The van der Waals surface area contributed by atoms with E-state index in [4.69, 9.17) is 4.42 Å². The predicted molar refractivity (Wildman–Crippen MR) is 79.5 cm³/mol. The average Bonchev–Trinajstić information content (AvgIpc) is 2.84. The van der Waals surface area contributed by atoms with Crippen LogP contribution in [0.15, 0.2) is 28.7 Å². The number of benzene rings is 1. The van der Waals surface area contributed by atoms with Gasteiger partial charge in [0.25, 0.3) is 0 Å². The molecule has 2 rings (SSSR count). The van der Waals surface area contributed by atoms with Crippen molar-refractivity contribution in [1.29, 1.82) is 0 Å². The number of nitrogens with one attached hydrogen (secondary N) is 2. The smallest absolute Gasteiger partial charge is 0.315 e. The standard InChI is InChI=1S/C15H21FN4O/c1-15(2,3)18-10-13-19-20-14(21-13)17-8-7-11-5-4-6-12(16)9-11/h4-6,9,18H,7-8,10H2,1-3H3,(H,17,20). The van der Waals surface area contributed by atoms with Crippen molar-refractivity contribution in [3.05, 3.63) is 41.5 Å². The van der Waals surface area contributed by atoms with Crippen LogP contribution < -0.4 is 10.6 Å². The summed E-state index contributed by atoms with van der Waals surface area (Å²) in [6, 6.07) is 6.93. The molecule has 0 spiro atoms. The lowest BCUT2D eigenvalue weighted by molar-refractivity contribution is 0.383. The fourth-order valence-electron chi connectivity index (χ4n) is 1.74. The molecule has 0 aliphatic heterocycles.